The van der Waals surface area contributed by atoms with E-state index in [1.807, 2.05) is 0 Å². The average Bonchev–Trinajstić information content (AvgIpc) is 1.82. The van der Waals surface area contributed by atoms with Gasteiger partial charge in [0.15, 0.2) is 6.17 Å². The summed E-state index contributed by atoms with van der Waals surface area (Å²) in [6.07, 6.45) is -6.55. The van der Waals surface area contributed by atoms with Crippen LogP contribution in [0.2, 0.25) is 0 Å². The molecule has 0 aliphatic carbocycles. The summed E-state index contributed by atoms with van der Waals surface area (Å²) in [6.45, 7) is 0. The van der Waals surface area contributed by atoms with Crippen molar-refractivity contribution < 1.29 is 23.1 Å². The summed E-state index contributed by atoms with van der Waals surface area (Å²) in [5.41, 5.74) is 0. The minimum Gasteiger partial charge on any atom is -0.481 e. The van der Waals surface area contributed by atoms with Gasteiger partial charge in [0.1, 0.15) is 0 Å². The van der Waals surface area contributed by atoms with Crippen LogP contribution in [-0.2, 0) is 4.79 Å². The second-order valence-corrected chi connectivity index (χ2v) is 1.78. The van der Waals surface area contributed by atoms with Crippen LogP contribution in [0.15, 0.2) is 0 Å². The van der Waals surface area contributed by atoms with E-state index in [-0.39, 0.29) is 0 Å². The van der Waals surface area contributed by atoms with Crippen LogP contribution < -0.4 is 0 Å². The van der Waals surface area contributed by atoms with Crippen molar-refractivity contribution in [1.29, 1.82) is 0 Å². The molecule has 1 unspecified atom stereocenters. The summed E-state index contributed by atoms with van der Waals surface area (Å²) in [5.74, 6) is -1.26. The highest BCUT2D eigenvalue weighted by atomic mass is 19.3. The van der Waals surface area contributed by atoms with Crippen LogP contribution in [0.3, 0.4) is 0 Å². The third-order valence-electron chi connectivity index (χ3n) is 0.907. The van der Waals surface area contributed by atoms with Crippen molar-refractivity contribution in [1.82, 2.24) is 0 Å². The molecular formula is C5H7F3O2. The summed E-state index contributed by atoms with van der Waals surface area (Å²) in [7, 11) is 0. The summed E-state index contributed by atoms with van der Waals surface area (Å²) in [4.78, 5) is 9.71. The Bertz CT molecular complexity index is 115. The first-order valence-corrected chi connectivity index (χ1v) is 2.68. The molecule has 0 amide bonds. The topological polar surface area (TPSA) is 37.3 Å². The third-order valence-corrected chi connectivity index (χ3v) is 0.907. The number of alkyl halides is 3. The molecule has 1 N–H and O–H groups in total. The van der Waals surface area contributed by atoms with Crippen LogP contribution >= 0.6 is 0 Å². The van der Waals surface area contributed by atoms with Crippen molar-refractivity contribution in [2.24, 2.45) is 0 Å². The van der Waals surface area contributed by atoms with Crippen LogP contribution in [0.25, 0.3) is 0 Å². The van der Waals surface area contributed by atoms with E-state index in [4.69, 9.17) is 5.11 Å². The van der Waals surface area contributed by atoms with Gasteiger partial charge in [0, 0.05) is 6.42 Å². The molecule has 0 aliphatic heterocycles. The van der Waals surface area contributed by atoms with Gasteiger partial charge in [0.05, 0.1) is 0 Å². The Balaban J connectivity index is 3.39. The van der Waals surface area contributed by atoms with Crippen LogP contribution in [0.5, 0.6) is 0 Å². The maximum absolute atomic E-state index is 11.9. The molecule has 0 bridgehead atoms. The normalized spacial score (nSPS) is 13.6. The Morgan fingerprint density at radius 2 is 1.90 bits per heavy atom. The number of hydrogen-bond acceptors (Lipinski definition) is 1. The second-order valence-electron chi connectivity index (χ2n) is 1.78. The molecule has 60 valence electrons. The molecule has 0 aliphatic rings. The molecule has 0 fully saturated rings. The van der Waals surface area contributed by atoms with Crippen molar-refractivity contribution in [3.05, 3.63) is 0 Å². The number of halogens is 3. The number of rotatable bonds is 4. The molecule has 0 aromatic carbocycles. The zero-order valence-corrected chi connectivity index (χ0v) is 5.06. The molecule has 1 atom stereocenters. The average molecular weight is 156 g/mol. The van der Waals surface area contributed by atoms with Crippen molar-refractivity contribution >= 4 is 5.97 Å². The molecule has 10 heavy (non-hydrogen) atoms. The fourth-order valence-electron chi connectivity index (χ4n) is 0.387. The van der Waals surface area contributed by atoms with Gasteiger partial charge in [-0.3, -0.25) is 4.79 Å². The van der Waals surface area contributed by atoms with Gasteiger partial charge in [0.2, 0.25) is 0 Å². The number of hydrogen-bond donors (Lipinski definition) is 1. The minimum atomic E-state index is -3.07. The summed E-state index contributed by atoms with van der Waals surface area (Å²) < 4.78 is 34.5. The molecule has 0 rings (SSSR count). The van der Waals surface area contributed by atoms with Crippen molar-refractivity contribution in [3.8, 4) is 0 Å². The molecular weight excluding hydrogens is 149 g/mol. The van der Waals surface area contributed by atoms with E-state index in [0.717, 1.165) is 0 Å². The monoisotopic (exact) mass is 156 g/mol. The van der Waals surface area contributed by atoms with E-state index in [1.54, 1.807) is 0 Å². The van der Waals surface area contributed by atoms with Gasteiger partial charge in [-0.05, 0) is 6.42 Å². The first kappa shape index (κ1) is 9.26. The molecule has 0 aromatic rings. The van der Waals surface area contributed by atoms with Crippen molar-refractivity contribution in [2.75, 3.05) is 0 Å². The van der Waals surface area contributed by atoms with Gasteiger partial charge in [-0.1, -0.05) is 0 Å². The molecule has 0 spiro atoms. The summed E-state index contributed by atoms with van der Waals surface area (Å²) in [5, 5.41) is 7.93. The van der Waals surface area contributed by atoms with Crippen LogP contribution in [0.1, 0.15) is 12.8 Å². The molecule has 5 heteroatoms. The lowest BCUT2D eigenvalue weighted by atomic mass is 10.2. The quantitative estimate of drug-likeness (QED) is 0.668. The lowest BCUT2D eigenvalue weighted by molar-refractivity contribution is -0.137. The summed E-state index contributed by atoms with van der Waals surface area (Å²) >= 11 is 0. The first-order chi connectivity index (χ1) is 4.54. The van der Waals surface area contributed by atoms with E-state index in [9.17, 15) is 18.0 Å². The Morgan fingerprint density at radius 3 is 2.20 bits per heavy atom. The van der Waals surface area contributed by atoms with Gasteiger partial charge >= 0.3 is 5.97 Å². The van der Waals surface area contributed by atoms with E-state index in [1.165, 1.54) is 0 Å². The standard InChI is InChI=1S/C5H7F3O2/c6-3(5(7)8)1-2-4(9)10/h3,5H,1-2H2,(H,9,10). The van der Waals surface area contributed by atoms with Gasteiger partial charge in [-0.2, -0.15) is 0 Å². The highest BCUT2D eigenvalue weighted by Gasteiger charge is 2.19. The Morgan fingerprint density at radius 1 is 1.40 bits per heavy atom. The largest absolute Gasteiger partial charge is 0.481 e. The highest BCUT2D eigenvalue weighted by molar-refractivity contribution is 5.66. The van der Waals surface area contributed by atoms with E-state index >= 15 is 0 Å². The first-order valence-electron chi connectivity index (χ1n) is 2.68. The molecule has 2 nitrogen and oxygen atoms in total. The number of aliphatic carboxylic acids is 1. The number of carbonyl (C=O) groups is 1. The molecule has 0 saturated heterocycles. The second kappa shape index (κ2) is 4.14. The molecule has 0 radical (unpaired) electrons. The molecule has 0 aromatic heterocycles. The predicted molar refractivity (Wildman–Crippen MR) is 27.8 cm³/mol. The third kappa shape index (κ3) is 4.17. The predicted octanol–water partition coefficient (Wildman–Crippen LogP) is 1.45. The fourth-order valence-corrected chi connectivity index (χ4v) is 0.387. The van der Waals surface area contributed by atoms with E-state index in [2.05, 4.69) is 0 Å². The van der Waals surface area contributed by atoms with Crippen LogP contribution in [-0.4, -0.2) is 23.7 Å². The van der Waals surface area contributed by atoms with E-state index in [0.29, 0.717) is 0 Å². The zero-order valence-electron chi connectivity index (χ0n) is 5.06. The summed E-state index contributed by atoms with van der Waals surface area (Å²) in [6, 6.07) is 0. The minimum absolute atomic E-state index is 0.550. The zero-order chi connectivity index (χ0) is 8.15. The lowest BCUT2D eigenvalue weighted by Gasteiger charge is -2.02. The Hall–Kier alpha value is -0.740. The van der Waals surface area contributed by atoms with Gasteiger partial charge < -0.3 is 5.11 Å². The smallest absolute Gasteiger partial charge is 0.303 e. The van der Waals surface area contributed by atoms with Gasteiger partial charge in [0.25, 0.3) is 6.43 Å². The maximum atomic E-state index is 11.9. The lowest BCUT2D eigenvalue weighted by Crippen LogP contribution is -2.13. The van der Waals surface area contributed by atoms with Crippen LogP contribution in [0, 0.1) is 0 Å². The van der Waals surface area contributed by atoms with E-state index < -0.39 is 31.4 Å². The fraction of sp³-hybridized carbons (Fsp3) is 0.800. The Labute approximate surface area is 55.7 Å². The molecule has 0 heterocycles. The van der Waals surface area contributed by atoms with Crippen molar-refractivity contribution in [3.63, 3.8) is 0 Å². The highest BCUT2D eigenvalue weighted by Crippen LogP contribution is 2.10. The van der Waals surface area contributed by atoms with Gasteiger partial charge in [-0.25, -0.2) is 13.2 Å². The number of carboxylic acids is 1. The van der Waals surface area contributed by atoms with Crippen LogP contribution in [0.4, 0.5) is 13.2 Å². The maximum Gasteiger partial charge on any atom is 0.303 e. The number of carboxylic acid groups (broad SMARTS) is 1. The Kier molecular flexibility index (Phi) is 3.83. The van der Waals surface area contributed by atoms with Gasteiger partial charge in [-0.15, -0.1) is 0 Å². The van der Waals surface area contributed by atoms with Crippen molar-refractivity contribution in [2.45, 2.75) is 25.4 Å². The SMILES string of the molecule is O=C(O)CCC(F)C(F)F. The molecule has 0 saturated carbocycles.